The maximum atomic E-state index is 13.0. The standard InChI is InChI=1S/C21H19F3N2O2/c22-21(23,24)16-6-3-15(4-7-16)19(26-10-12-28-13-11-26)17-8-5-14-2-1-9-25-18(14)20(17)27/h1-9,19,27H,10-13H2/p+1. The van der Waals surface area contributed by atoms with Gasteiger partial charge in [0.05, 0.1) is 24.3 Å². The number of halogens is 3. The average Bonchev–Trinajstić information content (AvgIpc) is 2.71. The van der Waals surface area contributed by atoms with Gasteiger partial charge < -0.3 is 14.7 Å². The summed E-state index contributed by atoms with van der Waals surface area (Å²) >= 11 is 0. The van der Waals surface area contributed by atoms with Crippen LogP contribution in [0.3, 0.4) is 0 Å². The third-order valence-electron chi connectivity index (χ3n) is 5.20. The third kappa shape index (κ3) is 3.55. The third-order valence-corrected chi connectivity index (χ3v) is 5.20. The molecule has 2 N–H and O–H groups in total. The van der Waals surface area contributed by atoms with E-state index in [1.807, 2.05) is 18.2 Å². The number of fused-ring (bicyclic) bond motifs is 1. The van der Waals surface area contributed by atoms with Crippen molar-refractivity contribution in [2.75, 3.05) is 26.3 Å². The smallest absolute Gasteiger partial charge is 0.416 e. The summed E-state index contributed by atoms with van der Waals surface area (Å²) in [7, 11) is 0. The van der Waals surface area contributed by atoms with E-state index >= 15 is 0 Å². The highest BCUT2D eigenvalue weighted by Crippen LogP contribution is 2.35. The highest BCUT2D eigenvalue weighted by atomic mass is 19.4. The van der Waals surface area contributed by atoms with Crippen LogP contribution in [0.5, 0.6) is 5.75 Å². The second-order valence-electron chi connectivity index (χ2n) is 6.90. The lowest BCUT2D eigenvalue weighted by atomic mass is 9.94. The van der Waals surface area contributed by atoms with Crippen LogP contribution in [0.15, 0.2) is 54.7 Å². The number of rotatable bonds is 3. The molecule has 1 aliphatic rings. The predicted molar refractivity (Wildman–Crippen MR) is 98.2 cm³/mol. The van der Waals surface area contributed by atoms with Crippen LogP contribution >= 0.6 is 0 Å². The molecular weight excluding hydrogens is 369 g/mol. The summed E-state index contributed by atoms with van der Waals surface area (Å²) in [6, 6.07) is 12.3. The van der Waals surface area contributed by atoms with Crippen LogP contribution in [0.1, 0.15) is 22.7 Å². The summed E-state index contributed by atoms with van der Waals surface area (Å²) in [6.45, 7) is 2.54. The Morgan fingerprint density at radius 3 is 2.39 bits per heavy atom. The zero-order valence-electron chi connectivity index (χ0n) is 15.0. The lowest BCUT2D eigenvalue weighted by molar-refractivity contribution is -0.933. The Labute approximate surface area is 160 Å². The lowest BCUT2D eigenvalue weighted by Crippen LogP contribution is -3.14. The van der Waals surface area contributed by atoms with Crippen LogP contribution < -0.4 is 4.90 Å². The molecule has 1 fully saturated rings. The average molecular weight is 389 g/mol. The number of hydrogen-bond donors (Lipinski definition) is 2. The predicted octanol–water partition coefficient (Wildman–Crippen LogP) is 2.96. The van der Waals surface area contributed by atoms with Crippen molar-refractivity contribution in [1.82, 2.24) is 4.98 Å². The Hall–Kier alpha value is -2.64. The first-order chi connectivity index (χ1) is 13.4. The van der Waals surface area contributed by atoms with Gasteiger partial charge in [-0.3, -0.25) is 4.98 Å². The number of hydrogen-bond acceptors (Lipinski definition) is 3. The zero-order valence-corrected chi connectivity index (χ0v) is 15.0. The van der Waals surface area contributed by atoms with Crippen molar-refractivity contribution in [3.05, 3.63) is 71.4 Å². The van der Waals surface area contributed by atoms with Crippen LogP contribution in [0, 0.1) is 0 Å². The summed E-state index contributed by atoms with van der Waals surface area (Å²) in [5.74, 6) is 0.0713. The molecule has 1 saturated heterocycles. The maximum absolute atomic E-state index is 13.0. The molecule has 4 rings (SSSR count). The first-order valence-corrected chi connectivity index (χ1v) is 9.11. The van der Waals surface area contributed by atoms with Gasteiger partial charge in [-0.15, -0.1) is 0 Å². The van der Waals surface area contributed by atoms with Crippen LogP contribution in [-0.4, -0.2) is 36.4 Å². The van der Waals surface area contributed by atoms with Gasteiger partial charge in [-0.05, 0) is 24.3 Å². The number of morpholine rings is 1. The summed E-state index contributed by atoms with van der Waals surface area (Å²) in [6.07, 6.45) is -2.77. The Morgan fingerprint density at radius 1 is 1.00 bits per heavy atom. The van der Waals surface area contributed by atoms with Gasteiger partial charge in [-0.1, -0.05) is 24.3 Å². The Balaban J connectivity index is 1.81. The molecule has 0 bridgehead atoms. The number of aromatic nitrogens is 1. The van der Waals surface area contributed by atoms with E-state index in [-0.39, 0.29) is 11.8 Å². The minimum atomic E-state index is -4.38. The fraction of sp³-hybridized carbons (Fsp3) is 0.286. The monoisotopic (exact) mass is 389 g/mol. The normalized spacial score (nSPS) is 17.0. The fourth-order valence-electron chi connectivity index (χ4n) is 3.80. The van der Waals surface area contributed by atoms with E-state index in [4.69, 9.17) is 4.74 Å². The molecule has 28 heavy (non-hydrogen) atoms. The number of pyridine rings is 1. The molecular formula is C21H20F3N2O2+. The van der Waals surface area contributed by atoms with E-state index in [2.05, 4.69) is 4.98 Å². The number of phenolic OH excluding ortho intramolecular Hbond substituents is 1. The SMILES string of the molecule is Oc1c(C(c2ccc(C(F)(F)F)cc2)[NH+]2CCOCC2)ccc2cccnc12. The molecule has 7 heteroatoms. The first kappa shape index (κ1) is 18.7. The van der Waals surface area contributed by atoms with Gasteiger partial charge in [0, 0.05) is 17.1 Å². The molecule has 0 amide bonds. The number of nitrogens with zero attached hydrogens (tertiary/aromatic N) is 1. The molecule has 0 aliphatic carbocycles. The molecule has 0 saturated carbocycles. The van der Waals surface area contributed by atoms with Crippen molar-refractivity contribution in [1.29, 1.82) is 0 Å². The molecule has 2 heterocycles. The van der Waals surface area contributed by atoms with Crippen LogP contribution in [0.25, 0.3) is 10.9 Å². The Bertz CT molecular complexity index is 968. The van der Waals surface area contributed by atoms with E-state index in [0.29, 0.717) is 37.4 Å². The molecule has 4 nitrogen and oxygen atoms in total. The van der Waals surface area contributed by atoms with Crippen molar-refractivity contribution in [2.45, 2.75) is 12.2 Å². The minimum Gasteiger partial charge on any atom is -0.505 e. The fourth-order valence-corrected chi connectivity index (χ4v) is 3.80. The molecule has 1 aromatic heterocycles. The molecule has 0 radical (unpaired) electrons. The Kier molecular flexibility index (Phi) is 4.95. The second-order valence-corrected chi connectivity index (χ2v) is 6.90. The maximum Gasteiger partial charge on any atom is 0.416 e. The van der Waals surface area contributed by atoms with Gasteiger partial charge in [0.25, 0.3) is 0 Å². The van der Waals surface area contributed by atoms with E-state index < -0.39 is 11.7 Å². The largest absolute Gasteiger partial charge is 0.505 e. The first-order valence-electron chi connectivity index (χ1n) is 9.11. The number of phenols is 1. The number of ether oxygens (including phenoxy) is 1. The number of nitrogens with one attached hydrogen (secondary N) is 1. The Morgan fingerprint density at radius 2 is 1.71 bits per heavy atom. The number of aromatic hydroxyl groups is 1. The van der Waals surface area contributed by atoms with Crippen molar-refractivity contribution < 1.29 is 27.9 Å². The van der Waals surface area contributed by atoms with Crippen molar-refractivity contribution in [3.63, 3.8) is 0 Å². The molecule has 3 aromatic rings. The zero-order chi connectivity index (χ0) is 19.7. The topological polar surface area (TPSA) is 46.8 Å². The van der Waals surface area contributed by atoms with Crippen molar-refractivity contribution in [3.8, 4) is 5.75 Å². The lowest BCUT2D eigenvalue weighted by Gasteiger charge is -2.32. The van der Waals surface area contributed by atoms with Crippen molar-refractivity contribution >= 4 is 10.9 Å². The van der Waals surface area contributed by atoms with E-state index in [1.54, 1.807) is 12.3 Å². The molecule has 2 aromatic carbocycles. The summed E-state index contributed by atoms with van der Waals surface area (Å²) in [4.78, 5) is 5.41. The highest BCUT2D eigenvalue weighted by Gasteiger charge is 2.33. The molecule has 1 unspecified atom stereocenters. The quantitative estimate of drug-likeness (QED) is 0.724. The van der Waals surface area contributed by atoms with Crippen LogP contribution in [-0.2, 0) is 10.9 Å². The summed E-state index contributed by atoms with van der Waals surface area (Å²) in [5, 5.41) is 11.7. The van der Waals surface area contributed by atoms with Gasteiger partial charge in [0.1, 0.15) is 24.6 Å². The number of alkyl halides is 3. The van der Waals surface area contributed by atoms with Gasteiger partial charge in [-0.25, -0.2) is 0 Å². The molecule has 1 aliphatic heterocycles. The summed E-state index contributed by atoms with van der Waals surface area (Å²) in [5.41, 5.74) is 1.18. The van der Waals surface area contributed by atoms with Crippen molar-refractivity contribution in [2.24, 2.45) is 0 Å². The van der Waals surface area contributed by atoms with E-state index in [1.165, 1.54) is 12.1 Å². The number of benzene rings is 2. The molecule has 0 spiro atoms. The highest BCUT2D eigenvalue weighted by molar-refractivity contribution is 5.85. The van der Waals surface area contributed by atoms with Gasteiger partial charge in [-0.2, -0.15) is 13.2 Å². The van der Waals surface area contributed by atoms with Gasteiger partial charge in [0.15, 0.2) is 5.75 Å². The summed E-state index contributed by atoms with van der Waals surface area (Å²) < 4.78 is 44.3. The van der Waals surface area contributed by atoms with E-state index in [9.17, 15) is 18.3 Å². The molecule has 1 atom stereocenters. The molecule has 146 valence electrons. The van der Waals surface area contributed by atoms with Gasteiger partial charge in [0.2, 0.25) is 0 Å². The van der Waals surface area contributed by atoms with Crippen LogP contribution in [0.2, 0.25) is 0 Å². The van der Waals surface area contributed by atoms with Gasteiger partial charge >= 0.3 is 6.18 Å². The number of quaternary nitrogens is 1. The van der Waals surface area contributed by atoms with Crippen LogP contribution in [0.4, 0.5) is 13.2 Å². The minimum absolute atomic E-state index is 0.0713. The second kappa shape index (κ2) is 7.41. The van der Waals surface area contributed by atoms with E-state index in [0.717, 1.165) is 28.0 Å².